The first-order valence-corrected chi connectivity index (χ1v) is 8.35. The van der Waals surface area contributed by atoms with Crippen molar-refractivity contribution in [2.45, 2.75) is 38.3 Å². The van der Waals surface area contributed by atoms with Gasteiger partial charge in [-0.15, -0.1) is 0 Å². The molecule has 0 bridgehead atoms. The SMILES string of the molecule is Fc1cc(Br)cc(CN2CCCCCC2CBr)c1. The summed E-state index contributed by atoms with van der Waals surface area (Å²) in [5, 5.41) is 1.00. The lowest BCUT2D eigenvalue weighted by Gasteiger charge is -2.28. The molecule has 1 atom stereocenters. The van der Waals surface area contributed by atoms with Crippen molar-refractivity contribution < 1.29 is 4.39 Å². The molecule has 0 amide bonds. The summed E-state index contributed by atoms with van der Waals surface area (Å²) in [4.78, 5) is 2.48. The van der Waals surface area contributed by atoms with Crippen molar-refractivity contribution in [3.8, 4) is 0 Å². The number of nitrogens with zero attached hydrogens (tertiary/aromatic N) is 1. The lowest BCUT2D eigenvalue weighted by atomic mass is 10.1. The Labute approximate surface area is 125 Å². The highest BCUT2D eigenvalue weighted by Gasteiger charge is 2.20. The van der Waals surface area contributed by atoms with E-state index in [9.17, 15) is 4.39 Å². The normalized spacial score (nSPS) is 21.8. The van der Waals surface area contributed by atoms with Gasteiger partial charge in [0.15, 0.2) is 0 Å². The fourth-order valence-corrected chi connectivity index (χ4v) is 3.80. The van der Waals surface area contributed by atoms with Gasteiger partial charge in [0.25, 0.3) is 0 Å². The van der Waals surface area contributed by atoms with E-state index in [2.05, 4.69) is 36.8 Å². The molecule has 1 saturated heterocycles. The summed E-state index contributed by atoms with van der Waals surface area (Å²) in [6.45, 7) is 1.96. The molecule has 1 aromatic carbocycles. The van der Waals surface area contributed by atoms with Crippen LogP contribution in [0.3, 0.4) is 0 Å². The molecule has 4 heteroatoms. The van der Waals surface area contributed by atoms with Crippen molar-refractivity contribution in [1.82, 2.24) is 4.90 Å². The zero-order valence-electron chi connectivity index (χ0n) is 10.3. The first-order valence-electron chi connectivity index (χ1n) is 6.44. The molecule has 0 N–H and O–H groups in total. The van der Waals surface area contributed by atoms with Crippen LogP contribution in [0.4, 0.5) is 4.39 Å². The Hall–Kier alpha value is 0.0700. The van der Waals surface area contributed by atoms with Crippen LogP contribution >= 0.6 is 31.9 Å². The second kappa shape index (κ2) is 7.01. The van der Waals surface area contributed by atoms with Gasteiger partial charge in [0.05, 0.1) is 0 Å². The maximum atomic E-state index is 13.4. The molecule has 1 heterocycles. The molecule has 1 aliphatic heterocycles. The van der Waals surface area contributed by atoms with Gasteiger partial charge in [0.2, 0.25) is 0 Å². The number of halogens is 3. The van der Waals surface area contributed by atoms with E-state index in [1.807, 2.05) is 6.07 Å². The van der Waals surface area contributed by atoms with Crippen molar-refractivity contribution in [3.63, 3.8) is 0 Å². The maximum absolute atomic E-state index is 13.4. The molecule has 1 aromatic rings. The van der Waals surface area contributed by atoms with Crippen molar-refractivity contribution in [2.24, 2.45) is 0 Å². The van der Waals surface area contributed by atoms with Crippen molar-refractivity contribution >= 4 is 31.9 Å². The smallest absolute Gasteiger partial charge is 0.124 e. The molecule has 1 unspecified atom stereocenters. The summed E-state index contributed by atoms with van der Waals surface area (Å²) in [6.07, 6.45) is 5.11. The molecule has 0 radical (unpaired) electrons. The van der Waals surface area contributed by atoms with Crippen LogP contribution in [0.15, 0.2) is 22.7 Å². The minimum Gasteiger partial charge on any atom is -0.295 e. The lowest BCUT2D eigenvalue weighted by Crippen LogP contribution is -2.35. The van der Waals surface area contributed by atoms with Crippen LogP contribution in [0.1, 0.15) is 31.2 Å². The van der Waals surface area contributed by atoms with E-state index in [1.165, 1.54) is 31.7 Å². The summed E-state index contributed by atoms with van der Waals surface area (Å²) in [7, 11) is 0. The van der Waals surface area contributed by atoms with E-state index in [0.29, 0.717) is 6.04 Å². The second-order valence-electron chi connectivity index (χ2n) is 4.91. The van der Waals surface area contributed by atoms with Gasteiger partial charge in [-0.25, -0.2) is 4.39 Å². The molecule has 1 fully saturated rings. The topological polar surface area (TPSA) is 3.24 Å². The average molecular weight is 379 g/mol. The predicted octanol–water partition coefficient (Wildman–Crippen LogP) is 4.73. The molecule has 0 aromatic heterocycles. The standard InChI is InChI=1S/C14H18Br2FN/c15-9-14-4-2-1-3-5-18(14)10-11-6-12(16)8-13(17)7-11/h6-8,14H,1-5,9-10H2. The lowest BCUT2D eigenvalue weighted by molar-refractivity contribution is 0.209. The van der Waals surface area contributed by atoms with E-state index in [1.54, 1.807) is 6.07 Å². The molecular weight excluding hydrogens is 361 g/mol. The number of benzene rings is 1. The first kappa shape index (κ1) is 14.5. The monoisotopic (exact) mass is 377 g/mol. The molecule has 18 heavy (non-hydrogen) atoms. The number of hydrogen-bond acceptors (Lipinski definition) is 1. The van der Waals surface area contributed by atoms with Gasteiger partial charge in [-0.3, -0.25) is 4.90 Å². The Bertz CT molecular complexity index is 377. The third kappa shape index (κ3) is 4.04. The average Bonchev–Trinajstić information content (AvgIpc) is 2.52. The van der Waals surface area contributed by atoms with Gasteiger partial charge in [-0.1, -0.05) is 44.7 Å². The van der Waals surface area contributed by atoms with Crippen LogP contribution in [0.2, 0.25) is 0 Å². The molecule has 100 valence electrons. The van der Waals surface area contributed by atoms with E-state index in [0.717, 1.165) is 28.5 Å². The predicted molar refractivity (Wildman–Crippen MR) is 80.6 cm³/mol. The molecular formula is C14H18Br2FN. The van der Waals surface area contributed by atoms with Gasteiger partial charge in [-0.2, -0.15) is 0 Å². The molecule has 0 saturated carbocycles. The van der Waals surface area contributed by atoms with E-state index in [-0.39, 0.29) is 5.82 Å². The summed E-state index contributed by atoms with van der Waals surface area (Å²) < 4.78 is 14.2. The number of likely N-dealkylation sites (tertiary alicyclic amines) is 1. The fourth-order valence-electron chi connectivity index (χ4n) is 2.56. The Balaban J connectivity index is 2.09. The van der Waals surface area contributed by atoms with Crippen LogP contribution in [-0.4, -0.2) is 22.8 Å². The summed E-state index contributed by atoms with van der Waals surface area (Å²) in [5.74, 6) is -0.162. The summed E-state index contributed by atoms with van der Waals surface area (Å²) >= 11 is 6.96. The van der Waals surface area contributed by atoms with Crippen molar-refractivity contribution in [1.29, 1.82) is 0 Å². The van der Waals surface area contributed by atoms with Crippen LogP contribution in [0, 0.1) is 5.82 Å². The van der Waals surface area contributed by atoms with Crippen LogP contribution < -0.4 is 0 Å². The zero-order valence-corrected chi connectivity index (χ0v) is 13.5. The van der Waals surface area contributed by atoms with Gasteiger partial charge in [0, 0.05) is 22.4 Å². The highest BCUT2D eigenvalue weighted by atomic mass is 79.9. The highest BCUT2D eigenvalue weighted by Crippen LogP contribution is 2.22. The molecule has 0 spiro atoms. The first-order chi connectivity index (χ1) is 8.69. The van der Waals surface area contributed by atoms with Gasteiger partial charge < -0.3 is 0 Å². The number of alkyl halides is 1. The van der Waals surface area contributed by atoms with Crippen LogP contribution in [0.25, 0.3) is 0 Å². The van der Waals surface area contributed by atoms with E-state index >= 15 is 0 Å². The summed E-state index contributed by atoms with van der Waals surface area (Å²) in [6, 6.07) is 5.74. The van der Waals surface area contributed by atoms with Gasteiger partial charge in [0.1, 0.15) is 5.82 Å². The quantitative estimate of drug-likeness (QED) is 0.687. The van der Waals surface area contributed by atoms with E-state index < -0.39 is 0 Å². The van der Waals surface area contributed by atoms with Gasteiger partial charge >= 0.3 is 0 Å². The Morgan fingerprint density at radius 3 is 2.78 bits per heavy atom. The zero-order chi connectivity index (χ0) is 13.0. The minimum atomic E-state index is -0.162. The minimum absolute atomic E-state index is 0.162. The molecule has 0 aliphatic carbocycles. The van der Waals surface area contributed by atoms with E-state index in [4.69, 9.17) is 0 Å². The largest absolute Gasteiger partial charge is 0.295 e. The Kier molecular flexibility index (Phi) is 5.64. The highest BCUT2D eigenvalue weighted by molar-refractivity contribution is 9.10. The number of hydrogen-bond donors (Lipinski definition) is 0. The number of rotatable bonds is 3. The second-order valence-corrected chi connectivity index (χ2v) is 6.47. The van der Waals surface area contributed by atoms with Crippen LogP contribution in [-0.2, 0) is 6.54 Å². The Morgan fingerprint density at radius 2 is 2.06 bits per heavy atom. The fraction of sp³-hybridized carbons (Fsp3) is 0.571. The maximum Gasteiger partial charge on any atom is 0.124 e. The third-order valence-corrected chi connectivity index (χ3v) is 4.69. The molecule has 2 rings (SSSR count). The Morgan fingerprint density at radius 1 is 1.22 bits per heavy atom. The van der Waals surface area contributed by atoms with Crippen molar-refractivity contribution in [2.75, 3.05) is 11.9 Å². The summed E-state index contributed by atoms with van der Waals surface area (Å²) in [5.41, 5.74) is 1.05. The third-order valence-electron chi connectivity index (χ3n) is 3.49. The van der Waals surface area contributed by atoms with Crippen LogP contribution in [0.5, 0.6) is 0 Å². The molecule has 1 nitrogen and oxygen atoms in total. The van der Waals surface area contributed by atoms with Gasteiger partial charge in [-0.05, 0) is 43.1 Å². The molecule has 1 aliphatic rings. The van der Waals surface area contributed by atoms with Crippen molar-refractivity contribution in [3.05, 3.63) is 34.1 Å².